The number of hydrazine groups is 1. The van der Waals surface area contributed by atoms with E-state index in [9.17, 15) is 14.4 Å². The SMILES string of the molecule is COCCOC(=O)CCC(=O)NC(=S)NNC(=O)COc1ccc(C(C)C)cc1Br. The number of halogens is 1. The summed E-state index contributed by atoms with van der Waals surface area (Å²) in [5, 5.41) is 2.24. The highest BCUT2D eigenvalue weighted by atomic mass is 79.9. The monoisotopic (exact) mass is 503 g/mol. The zero-order valence-electron chi connectivity index (χ0n) is 17.1. The molecular weight excluding hydrogens is 478 g/mol. The zero-order valence-corrected chi connectivity index (χ0v) is 19.5. The second kappa shape index (κ2) is 13.9. The minimum absolute atomic E-state index is 0.0944. The topological polar surface area (TPSA) is 115 Å². The molecule has 0 aliphatic carbocycles. The molecule has 1 aromatic carbocycles. The summed E-state index contributed by atoms with van der Waals surface area (Å²) in [6, 6.07) is 5.65. The van der Waals surface area contributed by atoms with E-state index in [0.717, 1.165) is 10.0 Å². The average Bonchev–Trinajstić information content (AvgIpc) is 2.69. The fourth-order valence-corrected chi connectivity index (χ4v) is 2.72. The highest BCUT2D eigenvalue weighted by Crippen LogP contribution is 2.28. The third-order valence-corrected chi connectivity index (χ3v) is 4.48. The molecule has 0 spiro atoms. The summed E-state index contributed by atoms with van der Waals surface area (Å²) in [6.45, 7) is 4.32. The number of carbonyl (C=O) groups is 3. The van der Waals surface area contributed by atoms with Crippen LogP contribution in [0.25, 0.3) is 0 Å². The Labute approximate surface area is 189 Å². The molecule has 11 heteroatoms. The second-order valence-corrected chi connectivity index (χ2v) is 7.66. The van der Waals surface area contributed by atoms with Gasteiger partial charge in [0.1, 0.15) is 12.4 Å². The maximum atomic E-state index is 11.9. The molecular formula is C19H26BrN3O6S. The van der Waals surface area contributed by atoms with Crippen LogP contribution in [0.1, 0.15) is 38.2 Å². The Hall–Kier alpha value is -2.24. The fraction of sp³-hybridized carbons (Fsp3) is 0.474. The molecule has 0 unspecified atom stereocenters. The molecule has 1 rings (SSSR count). The number of benzene rings is 1. The van der Waals surface area contributed by atoms with E-state index in [1.54, 1.807) is 6.07 Å². The predicted molar refractivity (Wildman–Crippen MR) is 118 cm³/mol. The third-order valence-electron chi connectivity index (χ3n) is 3.66. The van der Waals surface area contributed by atoms with Gasteiger partial charge in [-0.05, 0) is 51.8 Å². The van der Waals surface area contributed by atoms with Gasteiger partial charge in [0, 0.05) is 13.5 Å². The molecule has 3 N–H and O–H groups in total. The Morgan fingerprint density at radius 2 is 1.83 bits per heavy atom. The van der Waals surface area contributed by atoms with Crippen molar-refractivity contribution in [2.45, 2.75) is 32.6 Å². The number of carbonyl (C=O) groups excluding carboxylic acids is 3. The van der Waals surface area contributed by atoms with Crippen LogP contribution in [0.3, 0.4) is 0 Å². The minimum atomic E-state index is -0.515. The van der Waals surface area contributed by atoms with Gasteiger partial charge in [0.2, 0.25) is 5.91 Å². The molecule has 166 valence electrons. The van der Waals surface area contributed by atoms with E-state index in [-0.39, 0.29) is 37.8 Å². The fourth-order valence-electron chi connectivity index (χ4n) is 2.05. The molecule has 0 atom stereocenters. The zero-order chi connectivity index (χ0) is 22.5. The molecule has 1 aromatic rings. The molecule has 0 saturated heterocycles. The van der Waals surface area contributed by atoms with Gasteiger partial charge < -0.3 is 19.5 Å². The summed E-state index contributed by atoms with van der Waals surface area (Å²) >= 11 is 8.33. The van der Waals surface area contributed by atoms with E-state index in [2.05, 4.69) is 45.9 Å². The lowest BCUT2D eigenvalue weighted by Crippen LogP contribution is -2.49. The Morgan fingerprint density at radius 1 is 1.10 bits per heavy atom. The van der Waals surface area contributed by atoms with Crippen molar-refractivity contribution in [3.05, 3.63) is 28.2 Å². The first-order valence-electron chi connectivity index (χ1n) is 9.18. The molecule has 0 saturated carbocycles. The lowest BCUT2D eigenvalue weighted by Gasteiger charge is -2.13. The van der Waals surface area contributed by atoms with Crippen LogP contribution in [-0.2, 0) is 23.9 Å². The number of ether oxygens (including phenoxy) is 3. The molecule has 0 bridgehead atoms. The number of esters is 1. The molecule has 0 heterocycles. The quantitative estimate of drug-likeness (QED) is 0.192. The van der Waals surface area contributed by atoms with Crippen molar-refractivity contribution >= 4 is 51.0 Å². The van der Waals surface area contributed by atoms with Gasteiger partial charge in [-0.25, -0.2) is 0 Å². The van der Waals surface area contributed by atoms with E-state index in [1.165, 1.54) is 7.11 Å². The number of thiocarbonyl (C=S) groups is 1. The Bertz CT molecular complexity index is 760. The van der Waals surface area contributed by atoms with Gasteiger partial charge in [0.05, 0.1) is 17.5 Å². The van der Waals surface area contributed by atoms with Crippen LogP contribution in [0.5, 0.6) is 5.75 Å². The average molecular weight is 504 g/mol. The lowest BCUT2D eigenvalue weighted by atomic mass is 10.0. The van der Waals surface area contributed by atoms with Crippen LogP contribution >= 0.6 is 28.1 Å². The molecule has 9 nitrogen and oxygen atoms in total. The predicted octanol–water partition coefficient (Wildman–Crippen LogP) is 1.94. The molecule has 0 fully saturated rings. The van der Waals surface area contributed by atoms with Gasteiger partial charge in [-0.3, -0.25) is 25.2 Å². The van der Waals surface area contributed by atoms with Crippen molar-refractivity contribution < 1.29 is 28.6 Å². The van der Waals surface area contributed by atoms with E-state index in [1.807, 2.05) is 12.1 Å². The van der Waals surface area contributed by atoms with E-state index in [0.29, 0.717) is 11.7 Å². The van der Waals surface area contributed by atoms with Crippen molar-refractivity contribution in [2.75, 3.05) is 26.9 Å². The highest BCUT2D eigenvalue weighted by molar-refractivity contribution is 9.10. The van der Waals surface area contributed by atoms with Gasteiger partial charge in [-0.15, -0.1) is 0 Å². The van der Waals surface area contributed by atoms with Gasteiger partial charge in [0.25, 0.3) is 5.91 Å². The number of rotatable bonds is 10. The van der Waals surface area contributed by atoms with Gasteiger partial charge >= 0.3 is 5.97 Å². The van der Waals surface area contributed by atoms with Crippen molar-refractivity contribution in [2.24, 2.45) is 0 Å². The summed E-state index contributed by atoms with van der Waals surface area (Å²) in [7, 11) is 1.49. The highest BCUT2D eigenvalue weighted by Gasteiger charge is 2.11. The molecule has 30 heavy (non-hydrogen) atoms. The maximum Gasteiger partial charge on any atom is 0.306 e. The van der Waals surface area contributed by atoms with Crippen molar-refractivity contribution in [3.63, 3.8) is 0 Å². The third kappa shape index (κ3) is 10.5. The number of hydrogen-bond donors (Lipinski definition) is 3. The number of methoxy groups -OCH3 is 1. The lowest BCUT2D eigenvalue weighted by molar-refractivity contribution is -0.146. The first-order valence-corrected chi connectivity index (χ1v) is 10.4. The van der Waals surface area contributed by atoms with Crippen molar-refractivity contribution in [1.82, 2.24) is 16.2 Å². The van der Waals surface area contributed by atoms with Crippen LogP contribution in [0, 0.1) is 0 Å². The largest absolute Gasteiger partial charge is 0.483 e. The summed E-state index contributed by atoms with van der Waals surface area (Å²) in [5.74, 6) is -0.591. The first-order chi connectivity index (χ1) is 14.2. The van der Waals surface area contributed by atoms with Crippen molar-refractivity contribution in [1.29, 1.82) is 0 Å². The molecule has 0 aliphatic heterocycles. The smallest absolute Gasteiger partial charge is 0.306 e. The number of hydrogen-bond acceptors (Lipinski definition) is 7. The van der Waals surface area contributed by atoms with Gasteiger partial charge in [-0.2, -0.15) is 0 Å². The Balaban J connectivity index is 2.27. The first kappa shape index (κ1) is 25.8. The van der Waals surface area contributed by atoms with Crippen LogP contribution in [0.2, 0.25) is 0 Å². The van der Waals surface area contributed by atoms with E-state index >= 15 is 0 Å². The summed E-state index contributed by atoms with van der Waals surface area (Å²) in [4.78, 5) is 35.0. The summed E-state index contributed by atoms with van der Waals surface area (Å²) in [5.41, 5.74) is 5.85. The van der Waals surface area contributed by atoms with Crippen LogP contribution in [0.15, 0.2) is 22.7 Å². The molecule has 0 aliphatic rings. The second-order valence-electron chi connectivity index (χ2n) is 6.40. The van der Waals surface area contributed by atoms with E-state index < -0.39 is 17.8 Å². The normalized spacial score (nSPS) is 10.3. The number of amides is 2. The molecule has 0 aromatic heterocycles. The maximum absolute atomic E-state index is 11.9. The molecule has 2 amide bonds. The molecule has 0 radical (unpaired) electrons. The van der Waals surface area contributed by atoms with Crippen LogP contribution in [-0.4, -0.2) is 49.8 Å². The van der Waals surface area contributed by atoms with Gasteiger partial charge in [-0.1, -0.05) is 19.9 Å². The standard InChI is InChI=1S/C19H26BrN3O6S/c1-12(2)13-4-5-15(14(20)10-13)29-11-17(25)22-23-19(30)21-16(24)6-7-18(26)28-9-8-27-3/h4-5,10,12H,6-9,11H2,1-3H3,(H,22,25)(H2,21,23,24,30). The summed E-state index contributed by atoms with van der Waals surface area (Å²) in [6.07, 6.45) is -0.200. The Kier molecular flexibility index (Phi) is 11.9. The van der Waals surface area contributed by atoms with Crippen LogP contribution < -0.4 is 20.9 Å². The van der Waals surface area contributed by atoms with E-state index in [4.69, 9.17) is 26.4 Å². The Morgan fingerprint density at radius 3 is 2.47 bits per heavy atom. The summed E-state index contributed by atoms with van der Waals surface area (Å²) < 4.78 is 15.8. The van der Waals surface area contributed by atoms with Gasteiger partial charge in [0.15, 0.2) is 11.7 Å². The van der Waals surface area contributed by atoms with Crippen molar-refractivity contribution in [3.8, 4) is 5.75 Å². The van der Waals surface area contributed by atoms with Crippen LogP contribution in [0.4, 0.5) is 0 Å². The minimum Gasteiger partial charge on any atom is -0.483 e. The number of nitrogens with one attached hydrogen (secondary N) is 3.